The van der Waals surface area contributed by atoms with Crippen molar-refractivity contribution in [1.29, 1.82) is 0 Å². The molecule has 0 aliphatic heterocycles. The highest BCUT2D eigenvalue weighted by atomic mass is 16.1. The molecule has 3 nitrogen and oxygen atoms in total. The number of hydrogen-bond acceptors (Lipinski definition) is 2. The number of benzene rings is 1. The maximum Gasteiger partial charge on any atom is 0.253 e. The first-order valence-electron chi connectivity index (χ1n) is 8.39. The second-order valence-electron chi connectivity index (χ2n) is 6.24. The van der Waals surface area contributed by atoms with Crippen LogP contribution in [0.5, 0.6) is 0 Å². The molecule has 0 spiro atoms. The molecule has 1 aromatic heterocycles. The first-order valence-corrected chi connectivity index (χ1v) is 8.39. The number of fused-ring (bicyclic) bond motifs is 1. The molecule has 1 amide bonds. The third-order valence-electron chi connectivity index (χ3n) is 4.73. The van der Waals surface area contributed by atoms with E-state index in [2.05, 4.69) is 18.3 Å². The van der Waals surface area contributed by atoms with Crippen LogP contribution in [0, 0.1) is 6.92 Å². The van der Waals surface area contributed by atoms with Gasteiger partial charge in [0, 0.05) is 11.4 Å². The molecule has 22 heavy (non-hydrogen) atoms. The van der Waals surface area contributed by atoms with E-state index in [0.717, 1.165) is 47.0 Å². The fraction of sp³-hybridized carbons (Fsp3) is 0.474. The third kappa shape index (κ3) is 2.85. The molecule has 1 aromatic carbocycles. The molecule has 0 saturated heterocycles. The SMILES string of the molecule is CCc1nc2ccccc2c(C)c1C(=O)NC1CCCCC1. The molecule has 1 saturated carbocycles. The van der Waals surface area contributed by atoms with Gasteiger partial charge in [-0.2, -0.15) is 0 Å². The predicted molar refractivity (Wildman–Crippen MR) is 90.2 cm³/mol. The maximum absolute atomic E-state index is 12.8. The summed E-state index contributed by atoms with van der Waals surface area (Å²) in [5.41, 5.74) is 3.72. The topological polar surface area (TPSA) is 42.0 Å². The van der Waals surface area contributed by atoms with Crippen molar-refractivity contribution in [3.05, 3.63) is 41.1 Å². The Bertz CT molecular complexity index is 687. The monoisotopic (exact) mass is 296 g/mol. The minimum Gasteiger partial charge on any atom is -0.349 e. The number of pyridine rings is 1. The maximum atomic E-state index is 12.8. The lowest BCUT2D eigenvalue weighted by Crippen LogP contribution is -2.37. The van der Waals surface area contributed by atoms with Crippen molar-refractivity contribution in [3.63, 3.8) is 0 Å². The van der Waals surface area contributed by atoms with E-state index >= 15 is 0 Å². The van der Waals surface area contributed by atoms with Crippen LogP contribution in [0.1, 0.15) is 60.6 Å². The summed E-state index contributed by atoms with van der Waals surface area (Å²) >= 11 is 0. The lowest BCUT2D eigenvalue weighted by Gasteiger charge is -2.24. The average molecular weight is 296 g/mol. The van der Waals surface area contributed by atoms with Gasteiger partial charge >= 0.3 is 0 Å². The van der Waals surface area contributed by atoms with Crippen molar-refractivity contribution in [2.75, 3.05) is 0 Å². The second-order valence-corrected chi connectivity index (χ2v) is 6.24. The summed E-state index contributed by atoms with van der Waals surface area (Å²) in [4.78, 5) is 17.5. The summed E-state index contributed by atoms with van der Waals surface area (Å²) in [6, 6.07) is 8.40. The Labute approximate surface area is 132 Å². The van der Waals surface area contributed by atoms with Crippen molar-refractivity contribution in [2.45, 2.75) is 58.4 Å². The molecule has 1 fully saturated rings. The average Bonchev–Trinajstić information content (AvgIpc) is 2.55. The number of nitrogens with one attached hydrogen (secondary N) is 1. The van der Waals surface area contributed by atoms with E-state index in [4.69, 9.17) is 4.98 Å². The third-order valence-corrected chi connectivity index (χ3v) is 4.73. The Kier molecular flexibility index (Phi) is 4.41. The minimum absolute atomic E-state index is 0.0551. The summed E-state index contributed by atoms with van der Waals surface area (Å²) < 4.78 is 0. The lowest BCUT2D eigenvalue weighted by atomic mass is 9.94. The Hall–Kier alpha value is -1.90. The van der Waals surface area contributed by atoms with Crippen LogP contribution in [0.4, 0.5) is 0 Å². The number of rotatable bonds is 3. The smallest absolute Gasteiger partial charge is 0.253 e. The van der Waals surface area contributed by atoms with Crippen LogP contribution in [-0.2, 0) is 6.42 Å². The number of hydrogen-bond donors (Lipinski definition) is 1. The number of para-hydroxylation sites is 1. The van der Waals surface area contributed by atoms with Gasteiger partial charge in [-0.1, -0.05) is 44.4 Å². The summed E-state index contributed by atoms with van der Waals surface area (Å²) in [6.07, 6.45) is 6.73. The van der Waals surface area contributed by atoms with Gasteiger partial charge in [0.2, 0.25) is 0 Å². The molecule has 3 rings (SSSR count). The molecule has 1 heterocycles. The van der Waals surface area contributed by atoms with Gasteiger partial charge in [-0.25, -0.2) is 0 Å². The zero-order chi connectivity index (χ0) is 15.5. The molecule has 116 valence electrons. The van der Waals surface area contributed by atoms with E-state index in [1.807, 2.05) is 25.1 Å². The zero-order valence-electron chi connectivity index (χ0n) is 13.5. The van der Waals surface area contributed by atoms with E-state index in [0.29, 0.717) is 6.04 Å². The molecule has 0 atom stereocenters. The predicted octanol–water partition coefficient (Wildman–Crippen LogP) is 4.17. The molecular weight excluding hydrogens is 272 g/mol. The van der Waals surface area contributed by atoms with Gasteiger partial charge < -0.3 is 5.32 Å². The zero-order valence-corrected chi connectivity index (χ0v) is 13.5. The van der Waals surface area contributed by atoms with E-state index in [1.54, 1.807) is 0 Å². The fourth-order valence-electron chi connectivity index (χ4n) is 3.50. The van der Waals surface area contributed by atoms with Gasteiger partial charge in [-0.3, -0.25) is 9.78 Å². The molecular formula is C19H24N2O. The standard InChI is InChI=1S/C19H24N2O/c1-3-16-18(19(22)20-14-9-5-4-6-10-14)13(2)15-11-7-8-12-17(15)21-16/h7-8,11-12,14H,3-6,9-10H2,1-2H3,(H,20,22). The Morgan fingerprint density at radius 1 is 1.23 bits per heavy atom. The van der Waals surface area contributed by atoms with Crippen LogP contribution >= 0.6 is 0 Å². The van der Waals surface area contributed by atoms with Crippen LogP contribution < -0.4 is 5.32 Å². The highest BCUT2D eigenvalue weighted by molar-refractivity contribution is 6.01. The minimum atomic E-state index is 0.0551. The fourth-order valence-corrected chi connectivity index (χ4v) is 3.50. The molecule has 1 N–H and O–H groups in total. The molecule has 0 bridgehead atoms. The normalized spacial score (nSPS) is 15.9. The van der Waals surface area contributed by atoms with E-state index in [9.17, 15) is 4.79 Å². The molecule has 3 heteroatoms. The summed E-state index contributed by atoms with van der Waals surface area (Å²) in [5.74, 6) is 0.0551. The lowest BCUT2D eigenvalue weighted by molar-refractivity contribution is 0.0926. The van der Waals surface area contributed by atoms with Crippen LogP contribution in [0.2, 0.25) is 0 Å². The first kappa shape index (κ1) is 15.0. The summed E-state index contributed by atoms with van der Waals surface area (Å²) in [5, 5.41) is 4.31. The van der Waals surface area contributed by atoms with Crippen molar-refractivity contribution < 1.29 is 4.79 Å². The van der Waals surface area contributed by atoms with Gasteiger partial charge in [0.15, 0.2) is 0 Å². The molecule has 2 aromatic rings. The Morgan fingerprint density at radius 2 is 1.95 bits per heavy atom. The number of aryl methyl sites for hydroxylation is 2. The van der Waals surface area contributed by atoms with Crippen LogP contribution in [0.3, 0.4) is 0 Å². The van der Waals surface area contributed by atoms with E-state index < -0.39 is 0 Å². The molecule has 1 aliphatic rings. The van der Waals surface area contributed by atoms with Gasteiger partial charge in [-0.15, -0.1) is 0 Å². The highest BCUT2D eigenvalue weighted by Gasteiger charge is 2.21. The van der Waals surface area contributed by atoms with E-state index in [-0.39, 0.29) is 5.91 Å². The number of carbonyl (C=O) groups excluding carboxylic acids is 1. The van der Waals surface area contributed by atoms with Crippen molar-refractivity contribution in [2.24, 2.45) is 0 Å². The summed E-state index contributed by atoms with van der Waals surface area (Å²) in [6.45, 7) is 4.10. The van der Waals surface area contributed by atoms with Crippen molar-refractivity contribution in [1.82, 2.24) is 10.3 Å². The number of nitrogens with zero attached hydrogens (tertiary/aromatic N) is 1. The quantitative estimate of drug-likeness (QED) is 0.923. The van der Waals surface area contributed by atoms with Crippen LogP contribution in [0.25, 0.3) is 10.9 Å². The largest absolute Gasteiger partial charge is 0.349 e. The number of aromatic nitrogens is 1. The van der Waals surface area contributed by atoms with Gasteiger partial charge in [-0.05, 0) is 37.8 Å². The van der Waals surface area contributed by atoms with Gasteiger partial charge in [0.1, 0.15) is 0 Å². The number of carbonyl (C=O) groups is 1. The Balaban J connectivity index is 1.97. The number of amides is 1. The van der Waals surface area contributed by atoms with Crippen LogP contribution in [0.15, 0.2) is 24.3 Å². The van der Waals surface area contributed by atoms with Crippen LogP contribution in [-0.4, -0.2) is 16.9 Å². The second kappa shape index (κ2) is 6.47. The van der Waals surface area contributed by atoms with E-state index in [1.165, 1.54) is 19.3 Å². The highest BCUT2D eigenvalue weighted by Crippen LogP contribution is 2.24. The first-order chi connectivity index (χ1) is 10.7. The van der Waals surface area contributed by atoms with Gasteiger partial charge in [0.25, 0.3) is 5.91 Å². The van der Waals surface area contributed by atoms with Crippen molar-refractivity contribution >= 4 is 16.8 Å². The summed E-state index contributed by atoms with van der Waals surface area (Å²) in [7, 11) is 0. The Morgan fingerprint density at radius 3 is 2.68 bits per heavy atom. The van der Waals surface area contributed by atoms with Gasteiger partial charge in [0.05, 0.1) is 16.8 Å². The van der Waals surface area contributed by atoms with Crippen molar-refractivity contribution in [3.8, 4) is 0 Å². The molecule has 0 radical (unpaired) electrons. The molecule has 1 aliphatic carbocycles. The molecule has 0 unspecified atom stereocenters.